The van der Waals surface area contributed by atoms with E-state index in [9.17, 15) is 0 Å². The predicted octanol–water partition coefficient (Wildman–Crippen LogP) is 0.0334. The Balaban J connectivity index is 1.37. The van der Waals surface area contributed by atoms with E-state index < -0.39 is 0 Å². The van der Waals surface area contributed by atoms with Crippen LogP contribution in [0.5, 0.6) is 0 Å². The Morgan fingerprint density at radius 1 is 1.30 bits per heavy atom. The number of methoxy groups -OCH3 is 1. The topological polar surface area (TPSA) is 102 Å². The summed E-state index contributed by atoms with van der Waals surface area (Å²) in [5.41, 5.74) is 1.57. The molecule has 0 N–H and O–H groups in total. The van der Waals surface area contributed by atoms with Crippen LogP contribution in [-0.2, 0) is 11.3 Å². The number of fused-ring (bicyclic) bond motifs is 2. The Morgan fingerprint density at radius 3 is 3.04 bits per heavy atom. The number of nitrogens with zero attached hydrogens (tertiary/aromatic N) is 10. The predicted molar refractivity (Wildman–Crippen MR) is 96.7 cm³/mol. The second kappa shape index (κ2) is 6.13. The molecule has 0 bridgehead atoms. The molecule has 1 aliphatic heterocycles. The highest BCUT2D eigenvalue weighted by Gasteiger charge is 2.32. The fourth-order valence-corrected chi connectivity index (χ4v) is 3.28. The maximum absolute atomic E-state index is 5.22. The lowest BCUT2D eigenvalue weighted by molar-refractivity contribution is 0.181. The van der Waals surface area contributed by atoms with Crippen LogP contribution in [0.15, 0.2) is 30.9 Å². The number of anilines is 2. The van der Waals surface area contributed by atoms with Crippen LogP contribution in [0.4, 0.5) is 11.6 Å². The van der Waals surface area contributed by atoms with E-state index in [1.165, 1.54) is 6.33 Å². The van der Waals surface area contributed by atoms with Crippen molar-refractivity contribution in [2.45, 2.75) is 12.6 Å². The quantitative estimate of drug-likeness (QED) is 0.484. The Labute approximate surface area is 154 Å². The monoisotopic (exact) mass is 366 g/mol. The number of rotatable bonds is 5. The normalized spacial score (nSPS) is 14.8. The van der Waals surface area contributed by atoms with Crippen molar-refractivity contribution < 1.29 is 4.74 Å². The van der Waals surface area contributed by atoms with Gasteiger partial charge in [0.1, 0.15) is 24.3 Å². The number of hydrogen-bond acceptors (Lipinski definition) is 9. The lowest BCUT2D eigenvalue weighted by atomic mass is 10.1. The number of likely N-dealkylation sites (N-methyl/N-ethyl adjacent to an activating group) is 1. The van der Waals surface area contributed by atoms with Crippen LogP contribution in [0.2, 0.25) is 0 Å². The van der Waals surface area contributed by atoms with Crippen molar-refractivity contribution in [2.75, 3.05) is 37.0 Å². The van der Waals surface area contributed by atoms with Crippen LogP contribution >= 0.6 is 0 Å². The van der Waals surface area contributed by atoms with E-state index in [4.69, 9.17) is 4.74 Å². The van der Waals surface area contributed by atoms with Crippen molar-refractivity contribution in [3.05, 3.63) is 36.5 Å². The van der Waals surface area contributed by atoms with E-state index >= 15 is 0 Å². The van der Waals surface area contributed by atoms with Crippen molar-refractivity contribution in [3.8, 4) is 0 Å². The molecule has 0 aliphatic carbocycles. The van der Waals surface area contributed by atoms with Crippen LogP contribution in [0.25, 0.3) is 11.4 Å². The zero-order valence-electron chi connectivity index (χ0n) is 15.0. The first-order valence-electron chi connectivity index (χ1n) is 8.56. The summed E-state index contributed by atoms with van der Waals surface area (Å²) in [6.07, 6.45) is 3.12. The summed E-state index contributed by atoms with van der Waals surface area (Å²) in [4.78, 5) is 13.1. The average Bonchev–Trinajstić information content (AvgIpc) is 3.28. The van der Waals surface area contributed by atoms with E-state index in [1.807, 2.05) is 18.2 Å². The van der Waals surface area contributed by atoms with Gasteiger partial charge in [0.25, 0.3) is 5.78 Å². The lowest BCUT2D eigenvalue weighted by Gasteiger charge is -2.45. The minimum Gasteiger partial charge on any atom is -0.378 e. The smallest absolute Gasteiger partial charge is 0.254 e. The van der Waals surface area contributed by atoms with Gasteiger partial charge in [-0.15, -0.1) is 15.3 Å². The molecule has 1 aliphatic rings. The van der Waals surface area contributed by atoms with Gasteiger partial charge < -0.3 is 14.5 Å². The second-order valence-electron chi connectivity index (χ2n) is 6.51. The summed E-state index contributed by atoms with van der Waals surface area (Å²) in [5.74, 6) is 2.42. The molecule has 0 saturated carbocycles. The van der Waals surface area contributed by atoms with E-state index in [0.29, 0.717) is 18.4 Å². The van der Waals surface area contributed by atoms with Crippen LogP contribution in [0, 0.1) is 0 Å². The number of aromatic nitrogens is 8. The molecule has 5 heterocycles. The maximum atomic E-state index is 5.22. The molecule has 4 aromatic heterocycles. The summed E-state index contributed by atoms with van der Waals surface area (Å²) in [6, 6.07) is 6.22. The fourth-order valence-electron chi connectivity index (χ4n) is 3.28. The highest BCUT2D eigenvalue weighted by atomic mass is 16.5. The van der Waals surface area contributed by atoms with Gasteiger partial charge in [0.05, 0.1) is 18.3 Å². The Morgan fingerprint density at radius 2 is 2.19 bits per heavy atom. The summed E-state index contributed by atoms with van der Waals surface area (Å²) in [6.45, 7) is 2.15. The third kappa shape index (κ3) is 2.63. The summed E-state index contributed by atoms with van der Waals surface area (Å²) in [7, 11) is 3.72. The summed E-state index contributed by atoms with van der Waals surface area (Å²) >= 11 is 0. The van der Waals surface area contributed by atoms with Gasteiger partial charge in [-0.25, -0.2) is 4.98 Å². The van der Waals surface area contributed by atoms with Gasteiger partial charge in [-0.3, -0.25) is 0 Å². The van der Waals surface area contributed by atoms with Crippen molar-refractivity contribution in [1.82, 2.24) is 39.4 Å². The summed E-state index contributed by atoms with van der Waals surface area (Å²) < 4.78 is 8.66. The fraction of sp³-hybridized carbons (Fsp3) is 0.375. The second-order valence-corrected chi connectivity index (χ2v) is 6.51. The standard InChI is InChI=1S/C16H18N10O/c1-23(15-5-11(8-27-2)20-16-17-9-19-26(15)16)12-6-24(7-12)14-4-3-13-21-18-10-25(13)22-14/h3-5,9-10,12H,6-8H2,1-2H3. The van der Waals surface area contributed by atoms with Crippen LogP contribution in [-0.4, -0.2) is 72.7 Å². The molecule has 0 amide bonds. The van der Waals surface area contributed by atoms with Gasteiger partial charge in [0, 0.05) is 33.3 Å². The molecule has 0 unspecified atom stereocenters. The molecular formula is C16H18N10O. The molecule has 11 nitrogen and oxygen atoms in total. The Bertz CT molecular complexity index is 1100. The zero-order chi connectivity index (χ0) is 18.4. The van der Waals surface area contributed by atoms with E-state index in [0.717, 1.165) is 36.1 Å². The van der Waals surface area contributed by atoms with Crippen molar-refractivity contribution in [2.24, 2.45) is 0 Å². The Kier molecular flexibility index (Phi) is 3.60. The van der Waals surface area contributed by atoms with Gasteiger partial charge in [0.2, 0.25) is 0 Å². The van der Waals surface area contributed by atoms with E-state index in [2.05, 4.69) is 47.2 Å². The van der Waals surface area contributed by atoms with Gasteiger partial charge in [-0.05, 0) is 12.1 Å². The number of hydrogen-bond donors (Lipinski definition) is 0. The first-order chi connectivity index (χ1) is 13.2. The number of ether oxygens (including phenoxy) is 1. The molecule has 27 heavy (non-hydrogen) atoms. The minimum absolute atomic E-state index is 0.327. The largest absolute Gasteiger partial charge is 0.378 e. The van der Waals surface area contributed by atoms with Crippen LogP contribution in [0.1, 0.15) is 5.69 Å². The molecule has 0 radical (unpaired) electrons. The minimum atomic E-state index is 0.327. The highest BCUT2D eigenvalue weighted by Crippen LogP contribution is 2.25. The Hall–Kier alpha value is -3.34. The third-order valence-corrected chi connectivity index (χ3v) is 4.82. The molecule has 5 rings (SSSR count). The highest BCUT2D eigenvalue weighted by molar-refractivity contribution is 5.52. The molecule has 0 spiro atoms. The molecule has 0 aromatic carbocycles. The van der Waals surface area contributed by atoms with E-state index in [-0.39, 0.29) is 0 Å². The van der Waals surface area contributed by atoms with Crippen molar-refractivity contribution >= 4 is 23.1 Å². The molecule has 0 atom stereocenters. The maximum Gasteiger partial charge on any atom is 0.254 e. The van der Waals surface area contributed by atoms with Gasteiger partial charge >= 0.3 is 0 Å². The first-order valence-corrected chi connectivity index (χ1v) is 8.56. The van der Waals surface area contributed by atoms with Gasteiger partial charge in [0.15, 0.2) is 5.65 Å². The molecule has 1 fully saturated rings. The molecule has 1 saturated heterocycles. The SMILES string of the molecule is COCc1cc(N(C)C2CN(c3ccc4nncn4n3)C2)n2ncnc2n1. The molecule has 4 aromatic rings. The zero-order valence-corrected chi connectivity index (χ0v) is 15.0. The first kappa shape index (κ1) is 15.9. The van der Waals surface area contributed by atoms with Crippen LogP contribution in [0.3, 0.4) is 0 Å². The molecular weight excluding hydrogens is 348 g/mol. The molecule has 11 heteroatoms. The van der Waals surface area contributed by atoms with E-state index in [1.54, 1.807) is 22.5 Å². The average molecular weight is 366 g/mol. The summed E-state index contributed by atoms with van der Waals surface area (Å²) in [5, 5.41) is 16.7. The van der Waals surface area contributed by atoms with Gasteiger partial charge in [-0.2, -0.15) is 19.1 Å². The molecule has 138 valence electrons. The van der Waals surface area contributed by atoms with Gasteiger partial charge in [-0.1, -0.05) is 0 Å². The third-order valence-electron chi connectivity index (χ3n) is 4.82. The van der Waals surface area contributed by atoms with Crippen molar-refractivity contribution in [1.29, 1.82) is 0 Å². The van der Waals surface area contributed by atoms with Crippen LogP contribution < -0.4 is 9.80 Å². The lowest BCUT2D eigenvalue weighted by Crippen LogP contribution is -2.59. The van der Waals surface area contributed by atoms with Crippen molar-refractivity contribution in [3.63, 3.8) is 0 Å².